The van der Waals surface area contributed by atoms with Gasteiger partial charge in [0, 0.05) is 19.0 Å². The highest BCUT2D eigenvalue weighted by Crippen LogP contribution is 2.36. The summed E-state index contributed by atoms with van der Waals surface area (Å²) < 4.78 is 19.2. The lowest BCUT2D eigenvalue weighted by Crippen LogP contribution is -2.66. The van der Waals surface area contributed by atoms with Gasteiger partial charge < -0.3 is 13.9 Å². The van der Waals surface area contributed by atoms with Gasteiger partial charge in [0.25, 0.3) is 8.32 Å². The molecule has 0 saturated carbocycles. The average Bonchev–Trinajstić information content (AvgIpc) is 3.38. The second-order valence-corrected chi connectivity index (χ2v) is 15.3. The van der Waals surface area contributed by atoms with E-state index in [-0.39, 0.29) is 11.5 Å². The SMILES string of the molecule is CC(C)(C)OC(=O)C(CCCO[Si](c1ccccc1)(c1ccccc1)C(C)(C)C)OC(=O)n1ccnc1. The molecule has 198 valence electrons. The molecule has 7 nitrogen and oxygen atoms in total. The number of nitrogens with zero attached hydrogens (tertiary/aromatic N) is 2. The molecule has 0 fully saturated rings. The van der Waals surface area contributed by atoms with Crippen molar-refractivity contribution in [1.29, 1.82) is 0 Å². The van der Waals surface area contributed by atoms with E-state index >= 15 is 0 Å². The fourth-order valence-corrected chi connectivity index (χ4v) is 9.00. The van der Waals surface area contributed by atoms with Crippen molar-refractivity contribution in [3.05, 3.63) is 79.4 Å². The van der Waals surface area contributed by atoms with Crippen LogP contribution in [0.15, 0.2) is 79.4 Å². The highest BCUT2D eigenvalue weighted by atomic mass is 28.4. The molecule has 2 aromatic carbocycles. The molecule has 1 atom stereocenters. The molecule has 3 aromatic rings. The van der Waals surface area contributed by atoms with Crippen molar-refractivity contribution >= 4 is 30.8 Å². The van der Waals surface area contributed by atoms with Gasteiger partial charge in [-0.15, -0.1) is 0 Å². The van der Waals surface area contributed by atoms with Crippen LogP contribution in [0, 0.1) is 0 Å². The molecule has 0 saturated heterocycles. The molecule has 0 spiro atoms. The lowest BCUT2D eigenvalue weighted by atomic mass is 10.1. The minimum absolute atomic E-state index is 0.159. The summed E-state index contributed by atoms with van der Waals surface area (Å²) in [6.07, 6.45) is 3.32. The summed E-state index contributed by atoms with van der Waals surface area (Å²) in [6.45, 7) is 12.4. The summed E-state index contributed by atoms with van der Waals surface area (Å²) >= 11 is 0. The molecule has 0 aliphatic rings. The average molecular weight is 523 g/mol. The number of carbonyl (C=O) groups excluding carboxylic acids is 2. The third-order valence-corrected chi connectivity index (χ3v) is 11.0. The van der Waals surface area contributed by atoms with Crippen molar-refractivity contribution < 1.29 is 23.5 Å². The van der Waals surface area contributed by atoms with Crippen LogP contribution in [0.5, 0.6) is 0 Å². The molecule has 37 heavy (non-hydrogen) atoms. The quantitative estimate of drug-likeness (QED) is 0.225. The van der Waals surface area contributed by atoms with Crippen molar-refractivity contribution in [3.8, 4) is 0 Å². The number of hydrogen-bond donors (Lipinski definition) is 0. The molecule has 1 heterocycles. The standard InChI is InChI=1S/C29H38N2O5Si/c1-28(2,3)36-26(32)25(35-27(33)31-20-19-30-22-31)18-13-21-34-37(29(4,5)6,23-14-9-7-10-15-23)24-16-11-8-12-17-24/h7-12,14-17,19-20,22,25H,13,18,21H2,1-6H3. The highest BCUT2D eigenvalue weighted by Gasteiger charge is 2.50. The van der Waals surface area contributed by atoms with Crippen molar-refractivity contribution in [2.45, 2.75) is 71.1 Å². The molecule has 0 aliphatic carbocycles. The Labute approximate surface area is 220 Å². The number of rotatable bonds is 9. The Morgan fingerprint density at radius 2 is 1.49 bits per heavy atom. The van der Waals surface area contributed by atoms with Crippen LogP contribution in [0.4, 0.5) is 4.79 Å². The molecule has 8 heteroatoms. The zero-order valence-electron chi connectivity index (χ0n) is 22.6. The van der Waals surface area contributed by atoms with Gasteiger partial charge in [-0.3, -0.25) is 0 Å². The van der Waals surface area contributed by atoms with E-state index in [1.807, 2.05) is 36.4 Å². The first-order valence-corrected chi connectivity index (χ1v) is 14.5. The normalized spacial score (nSPS) is 13.1. The summed E-state index contributed by atoms with van der Waals surface area (Å²) in [5, 5.41) is 2.21. The lowest BCUT2D eigenvalue weighted by molar-refractivity contribution is -0.165. The van der Waals surface area contributed by atoms with Crippen LogP contribution in [-0.4, -0.2) is 48.2 Å². The molecule has 0 N–H and O–H groups in total. The van der Waals surface area contributed by atoms with E-state index in [4.69, 9.17) is 13.9 Å². The van der Waals surface area contributed by atoms with Crippen molar-refractivity contribution in [1.82, 2.24) is 9.55 Å². The molecule has 0 radical (unpaired) electrons. The first-order chi connectivity index (χ1) is 17.4. The maximum absolute atomic E-state index is 12.9. The van der Waals surface area contributed by atoms with E-state index in [2.05, 4.69) is 50.0 Å². The smallest absolute Gasteiger partial charge is 0.420 e. The third kappa shape index (κ3) is 7.17. The van der Waals surface area contributed by atoms with E-state index in [0.29, 0.717) is 13.0 Å². The number of ether oxygens (including phenoxy) is 2. The van der Waals surface area contributed by atoms with Crippen LogP contribution in [0.2, 0.25) is 5.04 Å². The molecule has 1 unspecified atom stereocenters. The van der Waals surface area contributed by atoms with Gasteiger partial charge in [0.2, 0.25) is 6.10 Å². The lowest BCUT2D eigenvalue weighted by Gasteiger charge is -2.43. The Hall–Kier alpha value is -3.23. The van der Waals surface area contributed by atoms with E-state index in [1.54, 1.807) is 20.8 Å². The minimum Gasteiger partial charge on any atom is -0.457 e. The van der Waals surface area contributed by atoms with Crippen LogP contribution >= 0.6 is 0 Å². The summed E-state index contributed by atoms with van der Waals surface area (Å²) in [5.41, 5.74) is -0.706. The number of carbonyl (C=O) groups is 2. The fourth-order valence-electron chi connectivity index (χ4n) is 4.40. The monoisotopic (exact) mass is 522 g/mol. The predicted octanol–water partition coefficient (Wildman–Crippen LogP) is 4.93. The predicted molar refractivity (Wildman–Crippen MR) is 147 cm³/mol. The van der Waals surface area contributed by atoms with Gasteiger partial charge in [-0.05, 0) is 49.0 Å². The topological polar surface area (TPSA) is 79.7 Å². The second kappa shape index (κ2) is 11.9. The number of aromatic nitrogens is 2. The van der Waals surface area contributed by atoms with Crippen LogP contribution < -0.4 is 10.4 Å². The van der Waals surface area contributed by atoms with E-state index in [9.17, 15) is 9.59 Å². The van der Waals surface area contributed by atoms with Gasteiger partial charge in [0.15, 0.2) is 0 Å². The van der Waals surface area contributed by atoms with Gasteiger partial charge in [0.05, 0.1) is 0 Å². The molecular formula is C29H38N2O5Si. The molecule has 0 amide bonds. The van der Waals surface area contributed by atoms with E-state index < -0.39 is 32.1 Å². The molecule has 1 aromatic heterocycles. The summed E-state index contributed by atoms with van der Waals surface area (Å²) in [4.78, 5) is 29.3. The van der Waals surface area contributed by atoms with Crippen LogP contribution in [0.3, 0.4) is 0 Å². The van der Waals surface area contributed by atoms with Crippen molar-refractivity contribution in [2.75, 3.05) is 6.61 Å². The zero-order chi connectivity index (χ0) is 27.1. The molecule has 0 bridgehead atoms. The highest BCUT2D eigenvalue weighted by molar-refractivity contribution is 6.99. The third-order valence-electron chi connectivity index (χ3n) is 5.97. The minimum atomic E-state index is -2.70. The van der Waals surface area contributed by atoms with E-state index in [0.717, 1.165) is 0 Å². The van der Waals surface area contributed by atoms with Crippen LogP contribution in [-0.2, 0) is 18.7 Å². The Morgan fingerprint density at radius 3 is 1.95 bits per heavy atom. The number of imidazole rings is 1. The van der Waals surface area contributed by atoms with Gasteiger partial charge in [0.1, 0.15) is 11.9 Å². The van der Waals surface area contributed by atoms with E-state index in [1.165, 1.54) is 33.7 Å². The van der Waals surface area contributed by atoms with Crippen LogP contribution in [0.1, 0.15) is 54.4 Å². The summed E-state index contributed by atoms with van der Waals surface area (Å²) in [6, 6.07) is 20.8. The Bertz CT molecular complexity index is 1100. The Morgan fingerprint density at radius 1 is 0.919 bits per heavy atom. The van der Waals surface area contributed by atoms with Gasteiger partial charge in [-0.25, -0.2) is 19.1 Å². The van der Waals surface area contributed by atoms with Gasteiger partial charge >= 0.3 is 12.1 Å². The largest absolute Gasteiger partial charge is 0.457 e. The number of esters is 1. The van der Waals surface area contributed by atoms with Crippen molar-refractivity contribution in [3.63, 3.8) is 0 Å². The zero-order valence-corrected chi connectivity index (χ0v) is 23.6. The summed E-state index contributed by atoms with van der Waals surface area (Å²) in [5.74, 6) is -0.577. The maximum atomic E-state index is 12.9. The van der Waals surface area contributed by atoms with Gasteiger partial charge in [-0.2, -0.15) is 0 Å². The maximum Gasteiger partial charge on any atom is 0.420 e. The Balaban J connectivity index is 1.81. The summed E-state index contributed by atoms with van der Waals surface area (Å²) in [7, 11) is -2.70. The molecule has 3 rings (SSSR count). The first kappa shape index (κ1) is 28.3. The fraction of sp³-hybridized carbons (Fsp3) is 0.414. The number of hydrogen-bond acceptors (Lipinski definition) is 6. The Kier molecular flexibility index (Phi) is 9.10. The molecular weight excluding hydrogens is 484 g/mol. The van der Waals surface area contributed by atoms with Gasteiger partial charge in [-0.1, -0.05) is 81.4 Å². The molecule has 0 aliphatic heterocycles. The number of benzene rings is 2. The van der Waals surface area contributed by atoms with Crippen molar-refractivity contribution in [2.24, 2.45) is 0 Å². The van der Waals surface area contributed by atoms with Crippen LogP contribution in [0.25, 0.3) is 0 Å². The first-order valence-electron chi connectivity index (χ1n) is 12.6. The second-order valence-electron chi connectivity index (χ2n) is 11.0.